The first kappa shape index (κ1) is 14.7. The molecule has 2 saturated heterocycles. The minimum atomic E-state index is -0.395. The fourth-order valence-electron chi connectivity index (χ4n) is 3.81. The largest absolute Gasteiger partial charge is 0.377 e. The minimum absolute atomic E-state index is 0.121. The van der Waals surface area contributed by atoms with E-state index in [1.165, 1.54) is 0 Å². The second-order valence-electron chi connectivity index (χ2n) is 6.08. The average Bonchev–Trinajstić information content (AvgIpc) is 3.08. The van der Waals surface area contributed by atoms with E-state index in [-0.39, 0.29) is 24.3 Å². The normalized spacial score (nSPS) is 41.5. The van der Waals surface area contributed by atoms with Crippen LogP contribution in [0.15, 0.2) is 0 Å². The number of likely N-dealkylation sites (tertiary alicyclic amines) is 1. The van der Waals surface area contributed by atoms with Gasteiger partial charge in [-0.3, -0.25) is 4.90 Å². The third-order valence-electron chi connectivity index (χ3n) is 5.00. The first-order chi connectivity index (χ1) is 9.67. The fraction of sp³-hybridized carbons (Fsp3) is 1.00. The molecule has 2 N–H and O–H groups in total. The van der Waals surface area contributed by atoms with Gasteiger partial charge in [0.25, 0.3) is 0 Å². The Labute approximate surface area is 120 Å². The molecule has 116 valence electrons. The lowest BCUT2D eigenvalue weighted by atomic mass is 9.85. The van der Waals surface area contributed by atoms with Gasteiger partial charge in [0.1, 0.15) is 0 Å². The Morgan fingerprint density at radius 1 is 1.10 bits per heavy atom. The van der Waals surface area contributed by atoms with Crippen molar-refractivity contribution < 1.29 is 18.9 Å². The number of hydrogen-bond donors (Lipinski definition) is 1. The van der Waals surface area contributed by atoms with Gasteiger partial charge >= 0.3 is 0 Å². The molecule has 1 spiro atoms. The lowest BCUT2D eigenvalue weighted by Crippen LogP contribution is -2.56. The summed E-state index contributed by atoms with van der Waals surface area (Å²) in [4.78, 5) is 2.39. The summed E-state index contributed by atoms with van der Waals surface area (Å²) in [5, 5.41) is 0. The SMILES string of the molecule is COC1CN(C2CC3(CCC2N)OCCO3)CC1OC. The quantitative estimate of drug-likeness (QED) is 0.785. The van der Waals surface area contributed by atoms with Crippen LogP contribution in [0, 0.1) is 0 Å². The molecule has 0 aromatic carbocycles. The third kappa shape index (κ3) is 2.61. The van der Waals surface area contributed by atoms with Crippen LogP contribution in [0.4, 0.5) is 0 Å². The van der Waals surface area contributed by atoms with Crippen LogP contribution in [-0.2, 0) is 18.9 Å². The molecule has 0 amide bonds. The number of nitrogens with zero attached hydrogens (tertiary/aromatic N) is 1. The molecule has 6 heteroatoms. The topological polar surface area (TPSA) is 66.2 Å². The Bertz CT molecular complexity index is 323. The van der Waals surface area contributed by atoms with Gasteiger partial charge in [0.15, 0.2) is 5.79 Å². The van der Waals surface area contributed by atoms with Crippen LogP contribution in [0.2, 0.25) is 0 Å². The second kappa shape index (κ2) is 5.87. The van der Waals surface area contributed by atoms with Gasteiger partial charge < -0.3 is 24.7 Å². The monoisotopic (exact) mass is 286 g/mol. The van der Waals surface area contributed by atoms with Gasteiger partial charge in [-0.15, -0.1) is 0 Å². The van der Waals surface area contributed by atoms with Crippen LogP contribution in [0.3, 0.4) is 0 Å². The molecular formula is C14H26N2O4. The first-order valence-corrected chi connectivity index (χ1v) is 7.50. The second-order valence-corrected chi connectivity index (χ2v) is 6.08. The summed E-state index contributed by atoms with van der Waals surface area (Å²) in [5.74, 6) is -0.395. The Kier molecular flexibility index (Phi) is 4.31. The van der Waals surface area contributed by atoms with Gasteiger partial charge in [-0.1, -0.05) is 0 Å². The fourth-order valence-corrected chi connectivity index (χ4v) is 3.81. The molecule has 1 aliphatic carbocycles. The smallest absolute Gasteiger partial charge is 0.170 e. The van der Waals surface area contributed by atoms with Gasteiger partial charge in [-0.25, -0.2) is 0 Å². The lowest BCUT2D eigenvalue weighted by Gasteiger charge is -2.43. The predicted octanol–water partition coefficient (Wildman–Crippen LogP) is -0.0451. The van der Waals surface area contributed by atoms with Crippen LogP contribution in [0.1, 0.15) is 19.3 Å². The van der Waals surface area contributed by atoms with E-state index in [1.54, 1.807) is 14.2 Å². The summed E-state index contributed by atoms with van der Waals surface area (Å²) in [6.45, 7) is 3.12. The van der Waals surface area contributed by atoms with E-state index < -0.39 is 5.79 Å². The molecule has 4 atom stereocenters. The highest BCUT2D eigenvalue weighted by molar-refractivity contribution is 4.99. The van der Waals surface area contributed by atoms with Crippen molar-refractivity contribution in [3.63, 3.8) is 0 Å². The van der Waals surface area contributed by atoms with Crippen LogP contribution < -0.4 is 5.73 Å². The Hall–Kier alpha value is -0.240. The van der Waals surface area contributed by atoms with Crippen LogP contribution in [0.5, 0.6) is 0 Å². The van der Waals surface area contributed by atoms with Crippen LogP contribution in [-0.4, -0.2) is 75.5 Å². The first-order valence-electron chi connectivity index (χ1n) is 7.50. The predicted molar refractivity (Wildman–Crippen MR) is 73.4 cm³/mol. The molecule has 6 nitrogen and oxygen atoms in total. The molecule has 3 rings (SSSR count). The van der Waals surface area contributed by atoms with Crippen molar-refractivity contribution in [2.75, 3.05) is 40.5 Å². The Morgan fingerprint density at radius 2 is 1.70 bits per heavy atom. The highest BCUT2D eigenvalue weighted by atomic mass is 16.7. The van der Waals surface area contributed by atoms with Gasteiger partial charge in [-0.2, -0.15) is 0 Å². The summed E-state index contributed by atoms with van der Waals surface area (Å²) in [5.41, 5.74) is 6.35. The molecule has 20 heavy (non-hydrogen) atoms. The summed E-state index contributed by atoms with van der Waals surface area (Å²) in [6.07, 6.45) is 2.93. The van der Waals surface area contributed by atoms with Crippen LogP contribution >= 0.6 is 0 Å². The minimum Gasteiger partial charge on any atom is -0.377 e. The molecule has 4 unspecified atom stereocenters. The molecular weight excluding hydrogens is 260 g/mol. The highest BCUT2D eigenvalue weighted by Gasteiger charge is 2.48. The van der Waals surface area contributed by atoms with Crippen molar-refractivity contribution in [1.29, 1.82) is 0 Å². The van der Waals surface area contributed by atoms with E-state index >= 15 is 0 Å². The number of rotatable bonds is 3. The van der Waals surface area contributed by atoms with E-state index in [2.05, 4.69) is 4.90 Å². The number of hydrogen-bond acceptors (Lipinski definition) is 6. The maximum atomic E-state index is 6.35. The van der Waals surface area contributed by atoms with Crippen molar-refractivity contribution >= 4 is 0 Å². The summed E-state index contributed by atoms with van der Waals surface area (Å²) in [7, 11) is 3.48. The van der Waals surface area contributed by atoms with Gasteiger partial charge in [-0.05, 0) is 6.42 Å². The van der Waals surface area contributed by atoms with Gasteiger partial charge in [0.05, 0.1) is 25.4 Å². The highest BCUT2D eigenvalue weighted by Crippen LogP contribution is 2.38. The number of nitrogens with two attached hydrogens (primary N) is 1. The van der Waals surface area contributed by atoms with Crippen molar-refractivity contribution in [1.82, 2.24) is 4.90 Å². The summed E-state index contributed by atoms with van der Waals surface area (Å²) in [6, 6.07) is 0.446. The van der Waals surface area contributed by atoms with E-state index in [0.29, 0.717) is 13.2 Å². The van der Waals surface area contributed by atoms with Gasteiger partial charge in [0, 0.05) is 52.2 Å². The molecule has 0 aromatic rings. The number of methoxy groups -OCH3 is 2. The zero-order chi connectivity index (χ0) is 14.2. The van der Waals surface area contributed by atoms with E-state index in [9.17, 15) is 0 Å². The third-order valence-corrected chi connectivity index (χ3v) is 5.00. The lowest BCUT2D eigenvalue weighted by molar-refractivity contribution is -0.191. The van der Waals surface area contributed by atoms with E-state index in [4.69, 9.17) is 24.7 Å². The van der Waals surface area contributed by atoms with Crippen molar-refractivity contribution in [2.45, 2.75) is 49.3 Å². The maximum Gasteiger partial charge on any atom is 0.170 e. The van der Waals surface area contributed by atoms with Crippen LogP contribution in [0.25, 0.3) is 0 Å². The average molecular weight is 286 g/mol. The molecule has 3 aliphatic rings. The summed E-state index contributed by atoms with van der Waals surface area (Å²) >= 11 is 0. The van der Waals surface area contributed by atoms with Crippen molar-refractivity contribution in [2.24, 2.45) is 5.73 Å². The summed E-state index contributed by atoms with van der Waals surface area (Å²) < 4.78 is 22.8. The zero-order valence-electron chi connectivity index (χ0n) is 12.4. The molecule has 0 aromatic heterocycles. The van der Waals surface area contributed by atoms with Crippen molar-refractivity contribution in [3.05, 3.63) is 0 Å². The van der Waals surface area contributed by atoms with Crippen molar-refractivity contribution in [3.8, 4) is 0 Å². The van der Waals surface area contributed by atoms with E-state index in [0.717, 1.165) is 32.4 Å². The zero-order valence-corrected chi connectivity index (χ0v) is 12.4. The standard InChI is InChI=1S/C14H26N2O4/c1-17-12-8-16(9-13(12)18-2)11-7-14(4-3-10(11)15)19-5-6-20-14/h10-13H,3-9,15H2,1-2H3. The van der Waals surface area contributed by atoms with Gasteiger partial charge in [0.2, 0.25) is 0 Å². The Morgan fingerprint density at radius 3 is 2.25 bits per heavy atom. The Balaban J connectivity index is 1.68. The maximum absolute atomic E-state index is 6.35. The molecule has 1 saturated carbocycles. The molecule has 2 aliphatic heterocycles. The molecule has 3 fully saturated rings. The molecule has 0 bridgehead atoms. The van der Waals surface area contributed by atoms with E-state index in [1.807, 2.05) is 0 Å². The molecule has 2 heterocycles. The molecule has 0 radical (unpaired) electrons. The number of ether oxygens (including phenoxy) is 4.